The number of carboxylic acids is 1. The van der Waals surface area contributed by atoms with Crippen molar-refractivity contribution in [3.05, 3.63) is 35.1 Å². The quantitative estimate of drug-likeness (QED) is 0.822. The normalized spacial score (nSPS) is 12.8. The van der Waals surface area contributed by atoms with E-state index in [9.17, 15) is 27.2 Å². The lowest BCUT2D eigenvalue weighted by Gasteiger charge is -2.15. The lowest BCUT2D eigenvalue weighted by Crippen LogP contribution is -2.41. The zero-order chi connectivity index (χ0) is 16.2. The highest BCUT2D eigenvalue weighted by Gasteiger charge is 2.36. The second-order valence-electron chi connectivity index (χ2n) is 4.32. The summed E-state index contributed by atoms with van der Waals surface area (Å²) in [6, 6.07) is 0.977. The molecule has 1 atom stereocenters. The fraction of sp³-hybridized carbons (Fsp3) is 0.385. The molecule has 116 valence electrons. The summed E-state index contributed by atoms with van der Waals surface area (Å²) in [6.45, 7) is 1.67. The molecule has 0 aliphatic heterocycles. The third kappa shape index (κ3) is 4.17. The Bertz CT molecular complexity index is 543. The number of hydrogen-bond donors (Lipinski definition) is 2. The Hall–Kier alpha value is -2.12. The first-order chi connectivity index (χ1) is 9.68. The van der Waals surface area contributed by atoms with Crippen molar-refractivity contribution in [1.29, 1.82) is 0 Å². The van der Waals surface area contributed by atoms with Gasteiger partial charge >= 0.3 is 12.1 Å². The number of carbonyl (C=O) groups is 2. The maximum Gasteiger partial charge on any atom is 0.419 e. The van der Waals surface area contributed by atoms with E-state index in [0.717, 1.165) is 12.1 Å². The summed E-state index contributed by atoms with van der Waals surface area (Å²) in [5.41, 5.74) is -2.41. The average Bonchev–Trinajstić information content (AvgIpc) is 2.36. The fourth-order valence-electron chi connectivity index (χ4n) is 1.71. The third-order valence-corrected chi connectivity index (χ3v) is 2.73. The molecule has 0 aliphatic rings. The Kier molecular flexibility index (Phi) is 5.28. The Morgan fingerprint density at radius 1 is 1.33 bits per heavy atom. The van der Waals surface area contributed by atoms with Gasteiger partial charge in [-0.05, 0) is 18.6 Å². The van der Waals surface area contributed by atoms with Crippen LogP contribution in [0.4, 0.5) is 17.6 Å². The van der Waals surface area contributed by atoms with E-state index in [1.165, 1.54) is 0 Å². The molecule has 0 aromatic heterocycles. The zero-order valence-corrected chi connectivity index (χ0v) is 11.0. The Morgan fingerprint density at radius 3 is 2.43 bits per heavy atom. The molecule has 0 saturated heterocycles. The molecule has 8 heteroatoms. The van der Waals surface area contributed by atoms with Gasteiger partial charge in [-0.25, -0.2) is 9.18 Å². The van der Waals surface area contributed by atoms with E-state index in [0.29, 0.717) is 12.5 Å². The van der Waals surface area contributed by atoms with Crippen LogP contribution in [0.2, 0.25) is 0 Å². The van der Waals surface area contributed by atoms with Crippen molar-refractivity contribution in [2.45, 2.75) is 32.0 Å². The van der Waals surface area contributed by atoms with Crippen molar-refractivity contribution in [2.24, 2.45) is 0 Å². The van der Waals surface area contributed by atoms with Gasteiger partial charge in [0.25, 0.3) is 5.91 Å². The van der Waals surface area contributed by atoms with Gasteiger partial charge in [-0.3, -0.25) is 4.79 Å². The molecule has 0 radical (unpaired) electrons. The van der Waals surface area contributed by atoms with Crippen LogP contribution in [-0.4, -0.2) is 23.0 Å². The molecule has 2 N–H and O–H groups in total. The number of benzene rings is 1. The van der Waals surface area contributed by atoms with Crippen molar-refractivity contribution in [2.75, 3.05) is 0 Å². The highest BCUT2D eigenvalue weighted by atomic mass is 19.4. The third-order valence-electron chi connectivity index (χ3n) is 2.73. The lowest BCUT2D eigenvalue weighted by atomic mass is 10.1. The van der Waals surface area contributed by atoms with Gasteiger partial charge in [0, 0.05) is 0 Å². The molecule has 1 amide bonds. The number of rotatable bonds is 5. The molecule has 4 nitrogen and oxygen atoms in total. The van der Waals surface area contributed by atoms with Gasteiger partial charge in [-0.15, -0.1) is 0 Å². The zero-order valence-electron chi connectivity index (χ0n) is 11.0. The Balaban J connectivity index is 3.06. The Labute approximate surface area is 117 Å². The van der Waals surface area contributed by atoms with Crippen LogP contribution in [0.1, 0.15) is 35.7 Å². The van der Waals surface area contributed by atoms with E-state index in [-0.39, 0.29) is 6.42 Å². The van der Waals surface area contributed by atoms with Gasteiger partial charge < -0.3 is 10.4 Å². The molecule has 0 heterocycles. The van der Waals surface area contributed by atoms with E-state index < -0.39 is 41.0 Å². The molecule has 0 fully saturated rings. The number of aliphatic carboxylic acids is 1. The molecule has 0 bridgehead atoms. The van der Waals surface area contributed by atoms with Crippen LogP contribution < -0.4 is 5.32 Å². The second-order valence-corrected chi connectivity index (χ2v) is 4.32. The van der Waals surface area contributed by atoms with E-state index in [1.54, 1.807) is 6.92 Å². The smallest absolute Gasteiger partial charge is 0.419 e. The topological polar surface area (TPSA) is 66.4 Å². The minimum Gasteiger partial charge on any atom is -0.480 e. The highest BCUT2D eigenvalue weighted by Crippen LogP contribution is 2.32. The summed E-state index contributed by atoms with van der Waals surface area (Å²) in [5, 5.41) is 10.9. The average molecular weight is 307 g/mol. The largest absolute Gasteiger partial charge is 0.480 e. The number of carbonyl (C=O) groups excluding carboxylic acids is 1. The summed E-state index contributed by atoms with van der Waals surface area (Å²) in [4.78, 5) is 22.6. The van der Waals surface area contributed by atoms with Crippen LogP contribution in [0.25, 0.3) is 0 Å². The van der Waals surface area contributed by atoms with Crippen molar-refractivity contribution < 1.29 is 32.3 Å². The Morgan fingerprint density at radius 2 is 1.95 bits per heavy atom. The molecule has 0 aliphatic carbocycles. The highest BCUT2D eigenvalue weighted by molar-refractivity contribution is 5.97. The minimum atomic E-state index is -4.93. The SMILES string of the molecule is CCCC(NC(=O)c1cccc(C(F)(F)F)c1F)C(=O)O. The van der Waals surface area contributed by atoms with E-state index in [2.05, 4.69) is 0 Å². The van der Waals surface area contributed by atoms with Crippen LogP contribution in [0.3, 0.4) is 0 Å². The molecular weight excluding hydrogens is 294 g/mol. The number of alkyl halides is 3. The van der Waals surface area contributed by atoms with Gasteiger partial charge in [0.05, 0.1) is 11.1 Å². The van der Waals surface area contributed by atoms with Crippen LogP contribution in [-0.2, 0) is 11.0 Å². The summed E-state index contributed by atoms with van der Waals surface area (Å²) in [7, 11) is 0. The molecular formula is C13H13F4NO3. The van der Waals surface area contributed by atoms with Crippen LogP contribution in [0, 0.1) is 5.82 Å². The molecule has 0 saturated carbocycles. The molecule has 21 heavy (non-hydrogen) atoms. The number of amides is 1. The van der Waals surface area contributed by atoms with Crippen molar-refractivity contribution in [3.63, 3.8) is 0 Å². The van der Waals surface area contributed by atoms with E-state index in [1.807, 2.05) is 5.32 Å². The molecule has 0 spiro atoms. The van der Waals surface area contributed by atoms with Crippen LogP contribution >= 0.6 is 0 Å². The molecule has 1 aromatic carbocycles. The van der Waals surface area contributed by atoms with Crippen molar-refractivity contribution >= 4 is 11.9 Å². The van der Waals surface area contributed by atoms with Crippen LogP contribution in [0.15, 0.2) is 18.2 Å². The minimum absolute atomic E-state index is 0.0850. The van der Waals surface area contributed by atoms with Crippen molar-refractivity contribution in [1.82, 2.24) is 5.32 Å². The van der Waals surface area contributed by atoms with Crippen LogP contribution in [0.5, 0.6) is 0 Å². The monoisotopic (exact) mass is 307 g/mol. The molecule has 1 rings (SSSR count). The standard InChI is InChI=1S/C13H13F4NO3/c1-2-4-9(12(20)21)18-11(19)7-5-3-6-8(10(7)14)13(15,16)17/h3,5-6,9H,2,4H2,1H3,(H,18,19)(H,20,21). The van der Waals surface area contributed by atoms with Crippen molar-refractivity contribution in [3.8, 4) is 0 Å². The first kappa shape index (κ1) is 16.9. The number of nitrogens with one attached hydrogen (secondary N) is 1. The molecule has 1 aromatic rings. The van der Waals surface area contributed by atoms with Gasteiger partial charge in [0.1, 0.15) is 11.9 Å². The number of hydrogen-bond acceptors (Lipinski definition) is 2. The fourth-order valence-corrected chi connectivity index (χ4v) is 1.71. The predicted octanol–water partition coefficient (Wildman–Crippen LogP) is 2.83. The van der Waals surface area contributed by atoms with Gasteiger partial charge in [0.15, 0.2) is 0 Å². The second kappa shape index (κ2) is 6.55. The first-order valence-corrected chi connectivity index (χ1v) is 6.07. The number of carboxylic acid groups (broad SMARTS) is 1. The summed E-state index contributed by atoms with van der Waals surface area (Å²) < 4.78 is 51.3. The summed E-state index contributed by atoms with van der Waals surface area (Å²) in [6.07, 6.45) is -4.42. The predicted molar refractivity (Wildman–Crippen MR) is 65.2 cm³/mol. The summed E-state index contributed by atoms with van der Waals surface area (Å²) in [5.74, 6) is -4.25. The maximum absolute atomic E-state index is 13.7. The first-order valence-electron chi connectivity index (χ1n) is 6.07. The summed E-state index contributed by atoms with van der Waals surface area (Å²) >= 11 is 0. The van der Waals surface area contributed by atoms with Gasteiger partial charge in [0.2, 0.25) is 0 Å². The van der Waals surface area contributed by atoms with Gasteiger partial charge in [-0.1, -0.05) is 19.4 Å². The van der Waals surface area contributed by atoms with E-state index in [4.69, 9.17) is 5.11 Å². The molecule has 1 unspecified atom stereocenters. The van der Waals surface area contributed by atoms with Gasteiger partial charge in [-0.2, -0.15) is 13.2 Å². The lowest BCUT2D eigenvalue weighted by molar-refractivity contribution is -0.140. The van der Waals surface area contributed by atoms with E-state index >= 15 is 0 Å². The maximum atomic E-state index is 13.7. The number of halogens is 4.